The predicted molar refractivity (Wildman–Crippen MR) is 74.1 cm³/mol. The Bertz CT molecular complexity index is 648. The Hall–Kier alpha value is -2.42. The van der Waals surface area contributed by atoms with E-state index in [-0.39, 0.29) is 28.0 Å². The van der Waals surface area contributed by atoms with Crippen LogP contribution >= 0.6 is 11.3 Å². The van der Waals surface area contributed by atoms with Crippen molar-refractivity contribution in [1.29, 1.82) is 0 Å². The zero-order valence-corrected chi connectivity index (χ0v) is 11.6. The molecule has 0 aliphatic heterocycles. The van der Waals surface area contributed by atoms with Gasteiger partial charge in [-0.15, -0.1) is 11.3 Å². The normalized spacial score (nSPS) is 10.5. The predicted octanol–water partition coefficient (Wildman–Crippen LogP) is 2.59. The molecule has 112 valence electrons. The highest BCUT2D eigenvalue weighted by molar-refractivity contribution is 7.13. The number of ether oxygens (including phenoxy) is 2. The second-order valence-electron chi connectivity index (χ2n) is 3.77. The fourth-order valence-electron chi connectivity index (χ4n) is 1.53. The summed E-state index contributed by atoms with van der Waals surface area (Å²) in [6.07, 6.45) is 0. The van der Waals surface area contributed by atoms with Crippen molar-refractivity contribution in [2.24, 2.45) is 0 Å². The molecule has 0 bridgehead atoms. The van der Waals surface area contributed by atoms with Gasteiger partial charge >= 0.3 is 6.61 Å². The van der Waals surface area contributed by atoms with Gasteiger partial charge in [-0.25, -0.2) is 4.98 Å². The van der Waals surface area contributed by atoms with Crippen LogP contribution in [-0.4, -0.2) is 24.6 Å². The summed E-state index contributed by atoms with van der Waals surface area (Å²) in [7, 11) is 1.32. The standard InChI is InChI=1S/C12H11F2N3O3S/c1-19-8-3-2-6(4-9(8)20-11(13)14)16-10(18)7-5-21-12(15)17-7/h2-5,11H,1H3,(H2,15,17)(H,16,18). The fraction of sp³-hybridized carbons (Fsp3) is 0.167. The van der Waals surface area contributed by atoms with Gasteiger partial charge in [0, 0.05) is 17.1 Å². The minimum atomic E-state index is -3.00. The van der Waals surface area contributed by atoms with Gasteiger partial charge in [-0.05, 0) is 12.1 Å². The van der Waals surface area contributed by atoms with Crippen molar-refractivity contribution in [3.8, 4) is 11.5 Å². The lowest BCUT2D eigenvalue weighted by atomic mass is 10.2. The van der Waals surface area contributed by atoms with E-state index in [1.807, 2.05) is 0 Å². The molecular weight excluding hydrogens is 304 g/mol. The largest absolute Gasteiger partial charge is 0.493 e. The Labute approximate surface area is 122 Å². The van der Waals surface area contributed by atoms with Gasteiger partial charge < -0.3 is 20.5 Å². The van der Waals surface area contributed by atoms with Crippen molar-refractivity contribution in [3.05, 3.63) is 29.3 Å². The number of amides is 1. The molecule has 0 fully saturated rings. The van der Waals surface area contributed by atoms with Gasteiger partial charge in [0.15, 0.2) is 16.6 Å². The number of thiazole rings is 1. The number of nitrogens with two attached hydrogens (primary N) is 1. The van der Waals surface area contributed by atoms with E-state index in [9.17, 15) is 13.6 Å². The van der Waals surface area contributed by atoms with Crippen molar-refractivity contribution >= 4 is 28.1 Å². The van der Waals surface area contributed by atoms with Gasteiger partial charge in [0.2, 0.25) is 0 Å². The highest BCUT2D eigenvalue weighted by atomic mass is 32.1. The topological polar surface area (TPSA) is 86.5 Å². The summed E-state index contributed by atoms with van der Waals surface area (Å²) in [5, 5.41) is 4.26. The zero-order chi connectivity index (χ0) is 15.4. The molecule has 2 rings (SSSR count). The van der Waals surface area contributed by atoms with Crippen LogP contribution in [0.2, 0.25) is 0 Å². The first-order valence-electron chi connectivity index (χ1n) is 5.65. The van der Waals surface area contributed by atoms with Crippen molar-refractivity contribution < 1.29 is 23.0 Å². The molecule has 1 aromatic heterocycles. The Morgan fingerprint density at radius 3 is 2.76 bits per heavy atom. The van der Waals surface area contributed by atoms with E-state index in [1.165, 1.54) is 30.7 Å². The summed E-state index contributed by atoms with van der Waals surface area (Å²) < 4.78 is 33.8. The van der Waals surface area contributed by atoms with E-state index in [1.54, 1.807) is 0 Å². The average molecular weight is 315 g/mol. The number of anilines is 2. The Balaban J connectivity index is 2.18. The lowest BCUT2D eigenvalue weighted by molar-refractivity contribution is -0.0511. The maximum absolute atomic E-state index is 12.3. The third-order valence-electron chi connectivity index (χ3n) is 2.39. The number of carbonyl (C=O) groups is 1. The quantitative estimate of drug-likeness (QED) is 0.885. The molecule has 3 N–H and O–H groups in total. The number of nitrogens with one attached hydrogen (secondary N) is 1. The lowest BCUT2D eigenvalue weighted by Crippen LogP contribution is -2.13. The van der Waals surface area contributed by atoms with Crippen LogP contribution in [0.1, 0.15) is 10.5 Å². The molecule has 0 spiro atoms. The van der Waals surface area contributed by atoms with Gasteiger partial charge in [0.1, 0.15) is 5.69 Å². The molecule has 1 aromatic carbocycles. The van der Waals surface area contributed by atoms with Crippen LogP contribution in [0.4, 0.5) is 19.6 Å². The number of nitrogens with zero attached hydrogens (tertiary/aromatic N) is 1. The molecule has 0 radical (unpaired) electrons. The number of hydrogen-bond acceptors (Lipinski definition) is 6. The second-order valence-corrected chi connectivity index (χ2v) is 4.66. The summed E-state index contributed by atoms with van der Waals surface area (Å²) >= 11 is 1.12. The van der Waals surface area contributed by atoms with Crippen molar-refractivity contribution in [1.82, 2.24) is 4.98 Å². The fourth-order valence-corrected chi connectivity index (χ4v) is 2.07. The van der Waals surface area contributed by atoms with E-state index in [0.29, 0.717) is 0 Å². The van der Waals surface area contributed by atoms with Crippen LogP contribution in [-0.2, 0) is 0 Å². The molecule has 0 unspecified atom stereocenters. The molecular formula is C12H11F2N3O3S. The molecule has 1 amide bonds. The van der Waals surface area contributed by atoms with E-state index in [0.717, 1.165) is 11.3 Å². The number of rotatable bonds is 5. The van der Waals surface area contributed by atoms with E-state index in [2.05, 4.69) is 15.0 Å². The number of nitrogen functional groups attached to an aromatic ring is 1. The Morgan fingerprint density at radius 1 is 1.43 bits per heavy atom. The zero-order valence-electron chi connectivity index (χ0n) is 10.8. The van der Waals surface area contributed by atoms with Crippen molar-refractivity contribution in [3.63, 3.8) is 0 Å². The highest BCUT2D eigenvalue weighted by Crippen LogP contribution is 2.31. The molecule has 21 heavy (non-hydrogen) atoms. The van der Waals surface area contributed by atoms with Gasteiger partial charge in [-0.1, -0.05) is 0 Å². The third-order valence-corrected chi connectivity index (χ3v) is 3.07. The minimum Gasteiger partial charge on any atom is -0.493 e. The van der Waals surface area contributed by atoms with Crippen LogP contribution in [0.3, 0.4) is 0 Å². The van der Waals surface area contributed by atoms with E-state index in [4.69, 9.17) is 10.5 Å². The number of methoxy groups -OCH3 is 1. The first-order chi connectivity index (χ1) is 9.99. The summed E-state index contributed by atoms with van der Waals surface area (Å²) in [6, 6.07) is 4.13. The smallest absolute Gasteiger partial charge is 0.387 e. The SMILES string of the molecule is COc1ccc(NC(=O)c2csc(N)n2)cc1OC(F)F. The van der Waals surface area contributed by atoms with Gasteiger partial charge in [0.25, 0.3) is 5.91 Å². The number of alkyl halides is 2. The van der Waals surface area contributed by atoms with Gasteiger partial charge in [-0.3, -0.25) is 4.79 Å². The molecule has 1 heterocycles. The van der Waals surface area contributed by atoms with Crippen molar-refractivity contribution in [2.45, 2.75) is 6.61 Å². The Kier molecular flexibility index (Phi) is 4.53. The monoisotopic (exact) mass is 315 g/mol. The molecule has 0 aliphatic rings. The van der Waals surface area contributed by atoms with Crippen LogP contribution in [0.5, 0.6) is 11.5 Å². The Morgan fingerprint density at radius 2 is 2.19 bits per heavy atom. The average Bonchev–Trinajstić information content (AvgIpc) is 2.85. The number of benzene rings is 1. The molecule has 0 saturated heterocycles. The van der Waals surface area contributed by atoms with Crippen LogP contribution in [0.25, 0.3) is 0 Å². The highest BCUT2D eigenvalue weighted by Gasteiger charge is 2.14. The van der Waals surface area contributed by atoms with Crippen LogP contribution in [0.15, 0.2) is 23.6 Å². The molecule has 6 nitrogen and oxygen atoms in total. The lowest BCUT2D eigenvalue weighted by Gasteiger charge is -2.11. The number of halogens is 2. The summed E-state index contributed by atoms with van der Waals surface area (Å²) in [4.78, 5) is 15.7. The number of hydrogen-bond donors (Lipinski definition) is 2. The molecule has 0 saturated carbocycles. The van der Waals surface area contributed by atoms with Crippen molar-refractivity contribution in [2.75, 3.05) is 18.2 Å². The summed E-state index contributed by atoms with van der Waals surface area (Å²) in [5.41, 5.74) is 5.84. The minimum absolute atomic E-state index is 0.131. The van der Waals surface area contributed by atoms with E-state index >= 15 is 0 Å². The summed E-state index contributed by atoms with van der Waals surface area (Å²) in [6.45, 7) is -3.00. The van der Waals surface area contributed by atoms with Gasteiger partial charge in [0.05, 0.1) is 7.11 Å². The summed E-state index contributed by atoms with van der Waals surface area (Å²) in [5.74, 6) is -0.551. The maximum atomic E-state index is 12.3. The first-order valence-corrected chi connectivity index (χ1v) is 6.52. The number of carbonyl (C=O) groups excluding carboxylic acids is 1. The van der Waals surface area contributed by atoms with Crippen LogP contribution < -0.4 is 20.5 Å². The first kappa shape index (κ1) is 15.0. The second kappa shape index (κ2) is 6.35. The molecule has 0 atom stereocenters. The maximum Gasteiger partial charge on any atom is 0.387 e. The molecule has 2 aromatic rings. The molecule has 0 aliphatic carbocycles. The van der Waals surface area contributed by atoms with Crippen LogP contribution in [0, 0.1) is 0 Å². The molecule has 9 heteroatoms. The van der Waals surface area contributed by atoms with E-state index < -0.39 is 12.5 Å². The number of aromatic nitrogens is 1. The third kappa shape index (κ3) is 3.78. The van der Waals surface area contributed by atoms with Gasteiger partial charge in [-0.2, -0.15) is 8.78 Å².